The fourth-order valence-corrected chi connectivity index (χ4v) is 3.35. The van der Waals surface area contributed by atoms with Gasteiger partial charge < -0.3 is 10.6 Å². The first kappa shape index (κ1) is 19.4. The van der Waals surface area contributed by atoms with Gasteiger partial charge in [0.25, 0.3) is 0 Å². The van der Waals surface area contributed by atoms with Crippen molar-refractivity contribution in [1.29, 1.82) is 0 Å². The first-order chi connectivity index (χ1) is 13.3. The number of guanidine groups is 1. The maximum Gasteiger partial charge on any atom is 0.191 e. The van der Waals surface area contributed by atoms with E-state index in [1.807, 2.05) is 13.1 Å². The lowest BCUT2D eigenvalue weighted by Gasteiger charge is -2.34. The summed E-state index contributed by atoms with van der Waals surface area (Å²) in [5.41, 5.74) is 2.66. The summed E-state index contributed by atoms with van der Waals surface area (Å²) >= 11 is 0. The molecule has 0 aliphatic carbocycles. The second kappa shape index (κ2) is 10.7. The van der Waals surface area contributed by atoms with Gasteiger partial charge in [-0.1, -0.05) is 60.7 Å². The van der Waals surface area contributed by atoms with Crippen LogP contribution in [-0.4, -0.2) is 62.1 Å². The number of aliphatic imine (C=N–C) groups is 1. The van der Waals surface area contributed by atoms with Gasteiger partial charge in [0.15, 0.2) is 5.96 Å². The van der Waals surface area contributed by atoms with E-state index in [1.165, 1.54) is 11.1 Å². The Hall–Kier alpha value is -2.37. The lowest BCUT2D eigenvalue weighted by molar-refractivity contribution is 0.129. The summed E-state index contributed by atoms with van der Waals surface area (Å²) in [6.07, 6.45) is 0. The molecule has 2 N–H and O–H groups in total. The molecule has 1 heterocycles. The van der Waals surface area contributed by atoms with E-state index in [0.717, 1.165) is 58.3 Å². The van der Waals surface area contributed by atoms with Gasteiger partial charge in [-0.05, 0) is 11.1 Å². The van der Waals surface area contributed by atoms with E-state index in [2.05, 4.69) is 80.0 Å². The van der Waals surface area contributed by atoms with Crippen molar-refractivity contribution in [3.8, 4) is 0 Å². The van der Waals surface area contributed by atoms with Crippen LogP contribution < -0.4 is 10.6 Å². The number of piperazine rings is 1. The van der Waals surface area contributed by atoms with Gasteiger partial charge >= 0.3 is 0 Å². The van der Waals surface area contributed by atoms with E-state index >= 15 is 0 Å². The minimum atomic E-state index is 0.790. The van der Waals surface area contributed by atoms with Crippen LogP contribution >= 0.6 is 0 Å². The van der Waals surface area contributed by atoms with Crippen molar-refractivity contribution in [2.24, 2.45) is 4.99 Å². The van der Waals surface area contributed by atoms with E-state index in [-0.39, 0.29) is 0 Å². The molecule has 0 spiro atoms. The molecule has 5 nitrogen and oxygen atoms in total. The van der Waals surface area contributed by atoms with Crippen molar-refractivity contribution in [3.05, 3.63) is 71.8 Å². The molecule has 1 saturated heterocycles. The Bertz CT molecular complexity index is 678. The Balaban J connectivity index is 1.31. The summed E-state index contributed by atoms with van der Waals surface area (Å²) in [4.78, 5) is 9.38. The van der Waals surface area contributed by atoms with Crippen LogP contribution in [0.4, 0.5) is 0 Å². The van der Waals surface area contributed by atoms with Crippen LogP contribution in [0, 0.1) is 0 Å². The summed E-state index contributed by atoms with van der Waals surface area (Å²) < 4.78 is 0. The Morgan fingerprint density at radius 1 is 0.815 bits per heavy atom. The maximum atomic E-state index is 4.31. The highest BCUT2D eigenvalue weighted by atomic mass is 15.3. The first-order valence-corrected chi connectivity index (χ1v) is 9.80. The highest BCUT2D eigenvalue weighted by Gasteiger charge is 2.16. The molecule has 2 aromatic carbocycles. The van der Waals surface area contributed by atoms with Crippen molar-refractivity contribution in [2.45, 2.75) is 13.1 Å². The van der Waals surface area contributed by atoms with Crippen LogP contribution in [-0.2, 0) is 13.1 Å². The van der Waals surface area contributed by atoms with Gasteiger partial charge in [0.1, 0.15) is 0 Å². The predicted octanol–water partition coefficient (Wildman–Crippen LogP) is 2.17. The van der Waals surface area contributed by atoms with E-state index < -0.39 is 0 Å². The number of hydrogen-bond acceptors (Lipinski definition) is 3. The Morgan fingerprint density at radius 3 is 2.04 bits per heavy atom. The molecule has 1 aliphatic rings. The van der Waals surface area contributed by atoms with Crippen molar-refractivity contribution in [1.82, 2.24) is 20.4 Å². The zero-order valence-corrected chi connectivity index (χ0v) is 16.3. The Morgan fingerprint density at radius 2 is 1.41 bits per heavy atom. The molecular formula is C22H31N5. The molecule has 0 amide bonds. The SMILES string of the molecule is CN=C(NCCN1CCN(Cc2ccccc2)CC1)NCc1ccccc1. The molecule has 144 valence electrons. The number of rotatable bonds is 7. The van der Waals surface area contributed by atoms with E-state index in [9.17, 15) is 0 Å². The molecule has 0 saturated carbocycles. The van der Waals surface area contributed by atoms with E-state index in [4.69, 9.17) is 0 Å². The topological polar surface area (TPSA) is 42.9 Å². The molecule has 27 heavy (non-hydrogen) atoms. The molecule has 0 aromatic heterocycles. The second-order valence-corrected chi connectivity index (χ2v) is 6.94. The van der Waals surface area contributed by atoms with Crippen LogP contribution in [0.3, 0.4) is 0 Å². The zero-order chi connectivity index (χ0) is 18.7. The summed E-state index contributed by atoms with van der Waals surface area (Å²) in [5, 5.41) is 6.79. The molecule has 1 aliphatic heterocycles. The van der Waals surface area contributed by atoms with Gasteiger partial charge in [-0.15, -0.1) is 0 Å². The van der Waals surface area contributed by atoms with Crippen molar-refractivity contribution >= 4 is 5.96 Å². The lowest BCUT2D eigenvalue weighted by Crippen LogP contribution is -2.48. The summed E-state index contributed by atoms with van der Waals surface area (Å²) in [6, 6.07) is 21.1. The normalized spacial score (nSPS) is 16.3. The van der Waals surface area contributed by atoms with Crippen molar-refractivity contribution in [3.63, 3.8) is 0 Å². The first-order valence-electron chi connectivity index (χ1n) is 9.80. The largest absolute Gasteiger partial charge is 0.355 e. The highest BCUT2D eigenvalue weighted by molar-refractivity contribution is 5.79. The molecule has 0 bridgehead atoms. The summed E-state index contributed by atoms with van der Waals surface area (Å²) in [7, 11) is 1.82. The zero-order valence-electron chi connectivity index (χ0n) is 16.3. The summed E-state index contributed by atoms with van der Waals surface area (Å²) in [6.45, 7) is 8.33. The highest BCUT2D eigenvalue weighted by Crippen LogP contribution is 2.08. The maximum absolute atomic E-state index is 4.31. The van der Waals surface area contributed by atoms with Gasteiger partial charge in [0.05, 0.1) is 0 Å². The smallest absolute Gasteiger partial charge is 0.191 e. The van der Waals surface area contributed by atoms with Crippen LogP contribution in [0.25, 0.3) is 0 Å². The molecule has 5 heteroatoms. The number of hydrogen-bond donors (Lipinski definition) is 2. The van der Waals surface area contributed by atoms with Crippen molar-refractivity contribution < 1.29 is 0 Å². The fraction of sp³-hybridized carbons (Fsp3) is 0.409. The third-order valence-corrected chi connectivity index (χ3v) is 4.96. The quantitative estimate of drug-likeness (QED) is 0.583. The minimum Gasteiger partial charge on any atom is -0.355 e. The van der Waals surface area contributed by atoms with Crippen LogP contribution in [0.2, 0.25) is 0 Å². The fourth-order valence-electron chi connectivity index (χ4n) is 3.35. The molecule has 1 fully saturated rings. The van der Waals surface area contributed by atoms with Gasteiger partial charge in [0.2, 0.25) is 0 Å². The molecular weight excluding hydrogens is 334 g/mol. The van der Waals surface area contributed by atoms with Crippen molar-refractivity contribution in [2.75, 3.05) is 46.3 Å². The molecule has 0 atom stereocenters. The number of nitrogens with zero attached hydrogens (tertiary/aromatic N) is 3. The Labute approximate surface area is 163 Å². The van der Waals surface area contributed by atoms with Crippen LogP contribution in [0.5, 0.6) is 0 Å². The van der Waals surface area contributed by atoms with Gasteiger partial charge in [-0.2, -0.15) is 0 Å². The third-order valence-electron chi connectivity index (χ3n) is 4.96. The summed E-state index contributed by atoms with van der Waals surface area (Å²) in [5.74, 6) is 0.863. The third kappa shape index (κ3) is 6.70. The molecule has 0 unspecified atom stereocenters. The monoisotopic (exact) mass is 365 g/mol. The van der Waals surface area contributed by atoms with Gasteiger partial charge in [-0.3, -0.25) is 14.8 Å². The molecule has 0 radical (unpaired) electrons. The number of benzene rings is 2. The standard InChI is InChI=1S/C22H31N5/c1-23-22(25-18-20-8-4-2-5-9-20)24-12-13-26-14-16-27(17-15-26)19-21-10-6-3-7-11-21/h2-11H,12-19H2,1H3,(H2,23,24,25). The van der Waals surface area contributed by atoms with E-state index in [0.29, 0.717) is 0 Å². The van der Waals surface area contributed by atoms with Gasteiger partial charge in [-0.25, -0.2) is 0 Å². The second-order valence-electron chi connectivity index (χ2n) is 6.94. The van der Waals surface area contributed by atoms with Gasteiger partial charge in [0, 0.05) is 59.4 Å². The molecule has 3 rings (SSSR count). The minimum absolute atomic E-state index is 0.790. The van der Waals surface area contributed by atoms with E-state index in [1.54, 1.807) is 0 Å². The molecule has 2 aromatic rings. The van der Waals surface area contributed by atoms with Crippen LogP contribution in [0.15, 0.2) is 65.7 Å². The average molecular weight is 366 g/mol. The number of nitrogens with one attached hydrogen (secondary N) is 2. The Kier molecular flexibility index (Phi) is 7.69. The predicted molar refractivity (Wildman–Crippen MR) is 113 cm³/mol. The van der Waals surface area contributed by atoms with Crippen LogP contribution in [0.1, 0.15) is 11.1 Å². The lowest BCUT2D eigenvalue weighted by atomic mass is 10.2. The average Bonchev–Trinajstić information content (AvgIpc) is 2.73.